The van der Waals surface area contributed by atoms with Gasteiger partial charge >= 0.3 is 6.01 Å². The standard InChI is InChI=1S/C16H15N7O2/c1-16(2,24)14-19-15(25-20-14)22-9-18-13-10-5-3-4-6-11(10)21-8-17-7-12(21)23(13)22/h3-9,13,24H,1-2H3. The molecule has 0 amide bonds. The van der Waals surface area contributed by atoms with E-state index in [9.17, 15) is 5.11 Å². The summed E-state index contributed by atoms with van der Waals surface area (Å²) in [6.07, 6.45) is 4.93. The molecule has 1 N–H and O–H groups in total. The Morgan fingerprint density at radius 2 is 2.08 bits per heavy atom. The second-order valence-electron chi connectivity index (χ2n) is 6.47. The van der Waals surface area contributed by atoms with Crippen molar-refractivity contribution in [1.29, 1.82) is 0 Å². The normalized spacial score (nSPS) is 18.3. The third kappa shape index (κ3) is 1.92. The van der Waals surface area contributed by atoms with Crippen LogP contribution < -0.4 is 10.0 Å². The first-order valence-electron chi connectivity index (χ1n) is 7.84. The fraction of sp³-hybridized carbons (Fsp3) is 0.250. The van der Waals surface area contributed by atoms with Crippen LogP contribution in [0, 0.1) is 0 Å². The van der Waals surface area contributed by atoms with E-state index in [1.807, 2.05) is 33.8 Å². The molecule has 0 spiro atoms. The van der Waals surface area contributed by atoms with E-state index in [0.29, 0.717) is 0 Å². The summed E-state index contributed by atoms with van der Waals surface area (Å²) in [5.41, 5.74) is 0.904. The Morgan fingerprint density at radius 3 is 2.88 bits per heavy atom. The summed E-state index contributed by atoms with van der Waals surface area (Å²) in [7, 11) is 0. The van der Waals surface area contributed by atoms with Crippen LogP contribution in [0.3, 0.4) is 0 Å². The number of aromatic nitrogens is 4. The molecule has 9 nitrogen and oxygen atoms in total. The van der Waals surface area contributed by atoms with Gasteiger partial charge in [-0.3, -0.25) is 4.57 Å². The second kappa shape index (κ2) is 4.67. The number of aliphatic hydroxyl groups is 1. The third-order valence-corrected chi connectivity index (χ3v) is 4.27. The van der Waals surface area contributed by atoms with Gasteiger partial charge in [0.25, 0.3) is 0 Å². The van der Waals surface area contributed by atoms with E-state index >= 15 is 0 Å². The van der Waals surface area contributed by atoms with E-state index < -0.39 is 5.60 Å². The number of nitrogens with zero attached hydrogens (tertiary/aromatic N) is 7. The lowest BCUT2D eigenvalue weighted by molar-refractivity contribution is 0.0661. The second-order valence-corrected chi connectivity index (χ2v) is 6.47. The molecule has 2 aromatic heterocycles. The van der Waals surface area contributed by atoms with Gasteiger partial charge in [0.2, 0.25) is 5.82 Å². The minimum absolute atomic E-state index is 0.213. The predicted molar refractivity (Wildman–Crippen MR) is 89.3 cm³/mol. The molecule has 126 valence electrons. The molecule has 0 aliphatic carbocycles. The van der Waals surface area contributed by atoms with Crippen LogP contribution in [0.25, 0.3) is 5.69 Å². The van der Waals surface area contributed by atoms with Crippen molar-refractivity contribution in [2.45, 2.75) is 25.6 Å². The Balaban J connectivity index is 1.62. The number of para-hydroxylation sites is 1. The van der Waals surface area contributed by atoms with Gasteiger partial charge in [-0.25, -0.2) is 15.0 Å². The Hall–Kier alpha value is -3.20. The molecule has 0 radical (unpaired) electrons. The molecule has 25 heavy (non-hydrogen) atoms. The number of hydrazine groups is 1. The van der Waals surface area contributed by atoms with Gasteiger partial charge in [0.1, 0.15) is 18.3 Å². The molecule has 2 aliphatic rings. The Kier molecular flexibility index (Phi) is 2.65. The van der Waals surface area contributed by atoms with E-state index in [1.165, 1.54) is 0 Å². The minimum Gasteiger partial charge on any atom is -0.382 e. The van der Waals surface area contributed by atoms with Crippen molar-refractivity contribution in [3.8, 4) is 5.69 Å². The molecule has 9 heteroatoms. The summed E-state index contributed by atoms with van der Waals surface area (Å²) in [6, 6.07) is 8.27. The number of hydrogen-bond acceptors (Lipinski definition) is 8. The Labute approximate surface area is 142 Å². The fourth-order valence-electron chi connectivity index (χ4n) is 3.08. The molecule has 0 bridgehead atoms. The quantitative estimate of drug-likeness (QED) is 0.761. The van der Waals surface area contributed by atoms with Crippen molar-refractivity contribution >= 4 is 18.2 Å². The lowest BCUT2D eigenvalue weighted by Crippen LogP contribution is -2.42. The highest BCUT2D eigenvalue weighted by Gasteiger charge is 2.40. The van der Waals surface area contributed by atoms with E-state index in [0.717, 1.165) is 17.1 Å². The van der Waals surface area contributed by atoms with Crippen LogP contribution in [0.15, 0.2) is 46.3 Å². The fourth-order valence-corrected chi connectivity index (χ4v) is 3.08. The molecule has 2 aliphatic heterocycles. The number of fused-ring (bicyclic) bond motifs is 6. The van der Waals surface area contributed by atoms with Crippen LogP contribution in [0.4, 0.5) is 11.8 Å². The number of hydrogen-bond donors (Lipinski definition) is 1. The summed E-state index contributed by atoms with van der Waals surface area (Å²) in [4.78, 5) is 13.2. The molecule has 4 heterocycles. The number of benzene rings is 1. The first-order chi connectivity index (χ1) is 12.0. The van der Waals surface area contributed by atoms with Crippen LogP contribution in [0.5, 0.6) is 0 Å². The van der Waals surface area contributed by atoms with Crippen molar-refractivity contribution in [1.82, 2.24) is 19.7 Å². The van der Waals surface area contributed by atoms with Gasteiger partial charge in [-0.1, -0.05) is 23.4 Å². The van der Waals surface area contributed by atoms with Gasteiger partial charge in [0.15, 0.2) is 12.0 Å². The number of imidazole rings is 1. The number of rotatable bonds is 2. The highest BCUT2D eigenvalue weighted by molar-refractivity contribution is 5.84. The molecule has 1 unspecified atom stereocenters. The van der Waals surface area contributed by atoms with Crippen molar-refractivity contribution in [3.63, 3.8) is 0 Å². The van der Waals surface area contributed by atoms with Gasteiger partial charge in [0.05, 0.1) is 11.9 Å². The smallest absolute Gasteiger partial charge is 0.348 e. The average molecular weight is 337 g/mol. The summed E-state index contributed by atoms with van der Waals surface area (Å²) < 4.78 is 7.33. The molecule has 0 saturated heterocycles. The number of anilines is 2. The molecular formula is C16H15N7O2. The molecule has 0 fully saturated rings. The van der Waals surface area contributed by atoms with Crippen LogP contribution in [0.1, 0.15) is 31.4 Å². The lowest BCUT2D eigenvalue weighted by atomic mass is 10.1. The molecule has 1 atom stereocenters. The number of aliphatic imine (C=N–C) groups is 1. The molecule has 0 saturated carbocycles. The maximum Gasteiger partial charge on any atom is 0.348 e. The largest absolute Gasteiger partial charge is 0.382 e. The Morgan fingerprint density at radius 1 is 1.24 bits per heavy atom. The van der Waals surface area contributed by atoms with Crippen LogP contribution in [-0.4, -0.2) is 31.1 Å². The van der Waals surface area contributed by atoms with Gasteiger partial charge in [-0.05, 0) is 19.9 Å². The summed E-state index contributed by atoms with van der Waals surface area (Å²) in [5.74, 6) is 1.05. The van der Waals surface area contributed by atoms with E-state index in [4.69, 9.17) is 4.52 Å². The predicted octanol–water partition coefficient (Wildman–Crippen LogP) is 1.76. The molecule has 5 rings (SSSR count). The highest BCUT2D eigenvalue weighted by Crippen LogP contribution is 2.42. The zero-order valence-electron chi connectivity index (χ0n) is 13.6. The van der Waals surface area contributed by atoms with Gasteiger partial charge in [0, 0.05) is 5.56 Å². The molecule has 3 aromatic rings. The maximum atomic E-state index is 10.1. The van der Waals surface area contributed by atoms with Crippen molar-refractivity contribution < 1.29 is 9.63 Å². The first kappa shape index (κ1) is 14.2. The van der Waals surface area contributed by atoms with Crippen LogP contribution in [0.2, 0.25) is 0 Å². The van der Waals surface area contributed by atoms with Crippen LogP contribution in [-0.2, 0) is 5.60 Å². The van der Waals surface area contributed by atoms with Gasteiger partial charge in [-0.15, -0.1) is 0 Å². The van der Waals surface area contributed by atoms with Crippen molar-refractivity contribution in [2.75, 3.05) is 10.0 Å². The monoisotopic (exact) mass is 337 g/mol. The first-order valence-corrected chi connectivity index (χ1v) is 7.84. The highest BCUT2D eigenvalue weighted by atomic mass is 16.5. The molecular weight excluding hydrogens is 322 g/mol. The lowest BCUT2D eigenvalue weighted by Gasteiger charge is -2.35. The van der Waals surface area contributed by atoms with Crippen LogP contribution >= 0.6 is 0 Å². The third-order valence-electron chi connectivity index (χ3n) is 4.27. The minimum atomic E-state index is -1.19. The molecule has 1 aromatic carbocycles. The van der Waals surface area contributed by atoms with E-state index in [1.54, 1.807) is 37.7 Å². The summed E-state index contributed by atoms with van der Waals surface area (Å²) in [6.45, 7) is 3.21. The topological polar surface area (TPSA) is 95.8 Å². The van der Waals surface area contributed by atoms with E-state index in [2.05, 4.69) is 20.1 Å². The average Bonchev–Trinajstić information content (AvgIpc) is 3.31. The zero-order chi connectivity index (χ0) is 17.2. The van der Waals surface area contributed by atoms with Crippen molar-refractivity contribution in [3.05, 3.63) is 48.2 Å². The zero-order valence-corrected chi connectivity index (χ0v) is 13.6. The maximum absolute atomic E-state index is 10.1. The van der Waals surface area contributed by atoms with Gasteiger partial charge < -0.3 is 9.63 Å². The summed E-state index contributed by atoms with van der Waals surface area (Å²) >= 11 is 0. The van der Waals surface area contributed by atoms with Gasteiger partial charge in [-0.2, -0.15) is 9.99 Å². The van der Waals surface area contributed by atoms with Crippen molar-refractivity contribution in [2.24, 2.45) is 4.99 Å². The summed E-state index contributed by atoms with van der Waals surface area (Å²) in [5, 5.41) is 17.5. The Bertz CT molecular complexity index is 984. The SMILES string of the molecule is CC(C)(O)c1noc(N2C=NC3c4ccccc4-n4cncc4N32)n1. The van der Waals surface area contributed by atoms with E-state index in [-0.39, 0.29) is 18.0 Å².